The fourth-order valence-electron chi connectivity index (χ4n) is 2.25. The molecule has 1 aromatic carbocycles. The summed E-state index contributed by atoms with van der Waals surface area (Å²) in [5.41, 5.74) is -1.01. The molecule has 0 aliphatic carbocycles. The van der Waals surface area contributed by atoms with Crippen molar-refractivity contribution in [3.63, 3.8) is 0 Å². The average molecular weight is 367 g/mol. The number of halogens is 3. The highest BCUT2D eigenvalue weighted by Gasteiger charge is 2.30. The fraction of sp³-hybridized carbons (Fsp3) is 0.294. The first-order valence-electron chi connectivity index (χ1n) is 7.64. The van der Waals surface area contributed by atoms with E-state index < -0.39 is 29.1 Å². The van der Waals surface area contributed by atoms with Crippen LogP contribution in [-0.4, -0.2) is 28.2 Å². The highest BCUT2D eigenvalue weighted by Crippen LogP contribution is 2.30. The molecule has 0 radical (unpaired) electrons. The molecule has 2 N–H and O–H groups in total. The van der Waals surface area contributed by atoms with Crippen molar-refractivity contribution < 1.29 is 22.8 Å². The Kier molecular flexibility index (Phi) is 5.59. The zero-order chi connectivity index (χ0) is 19.5. The number of aromatic nitrogens is 2. The van der Waals surface area contributed by atoms with Crippen LogP contribution in [0.15, 0.2) is 35.1 Å². The van der Waals surface area contributed by atoms with E-state index in [1.165, 1.54) is 26.0 Å². The minimum absolute atomic E-state index is 0.124. The highest BCUT2D eigenvalue weighted by atomic mass is 19.4. The Bertz CT molecular complexity index is 873. The molecule has 26 heavy (non-hydrogen) atoms. The lowest BCUT2D eigenvalue weighted by atomic mass is 9.95. The maximum Gasteiger partial charge on any atom is 0.416 e. The summed E-state index contributed by atoms with van der Waals surface area (Å²) in [6, 6.07) is 5.27. The smallest absolute Gasteiger partial charge is 0.344 e. The molecule has 0 saturated carbocycles. The number of amides is 1. The zero-order valence-electron chi connectivity index (χ0n) is 14.0. The largest absolute Gasteiger partial charge is 0.416 e. The first-order chi connectivity index (χ1) is 12.1. The van der Waals surface area contributed by atoms with Gasteiger partial charge >= 0.3 is 6.18 Å². The molecule has 1 aromatic heterocycles. The summed E-state index contributed by atoms with van der Waals surface area (Å²) < 4.78 is 37.7. The number of aryl methyl sites for hydroxylation is 1. The van der Waals surface area contributed by atoms with Crippen LogP contribution >= 0.6 is 0 Å². The van der Waals surface area contributed by atoms with Gasteiger partial charge in [-0.05, 0) is 24.6 Å². The van der Waals surface area contributed by atoms with Crippen LogP contribution in [0.4, 0.5) is 13.2 Å². The van der Waals surface area contributed by atoms with Gasteiger partial charge < -0.3 is 10.3 Å². The van der Waals surface area contributed by atoms with E-state index in [2.05, 4.69) is 15.3 Å². The van der Waals surface area contributed by atoms with Gasteiger partial charge in [-0.1, -0.05) is 19.1 Å². The van der Waals surface area contributed by atoms with E-state index in [0.717, 1.165) is 18.2 Å². The number of nitrogens with one attached hydrogen (secondary N) is 2. The Labute approximate surface area is 146 Å². The van der Waals surface area contributed by atoms with Gasteiger partial charge in [0.2, 0.25) is 0 Å². The minimum atomic E-state index is -4.45. The lowest BCUT2D eigenvalue weighted by molar-refractivity contribution is -0.137. The Morgan fingerprint density at radius 3 is 2.38 bits per heavy atom. The van der Waals surface area contributed by atoms with E-state index in [1.54, 1.807) is 0 Å². The van der Waals surface area contributed by atoms with E-state index in [1.807, 2.05) is 0 Å². The number of rotatable bonds is 5. The average Bonchev–Trinajstić information content (AvgIpc) is 2.57. The number of nitrogens with zero attached hydrogens (tertiary/aromatic N) is 1. The van der Waals surface area contributed by atoms with Crippen LogP contribution in [0.3, 0.4) is 0 Å². The number of aromatic amines is 1. The van der Waals surface area contributed by atoms with Gasteiger partial charge in [0, 0.05) is 12.0 Å². The number of carbonyl (C=O) groups excluding carboxylic acids is 2. The Hall–Kier alpha value is -2.97. The number of carbonyl (C=O) groups is 2. The molecule has 2 aromatic rings. The molecule has 2 rings (SSSR count). The topological polar surface area (TPSA) is 91.9 Å². The predicted molar refractivity (Wildman–Crippen MR) is 86.8 cm³/mol. The van der Waals surface area contributed by atoms with Gasteiger partial charge in [-0.25, -0.2) is 4.98 Å². The third-order valence-electron chi connectivity index (χ3n) is 3.74. The van der Waals surface area contributed by atoms with Crippen molar-refractivity contribution in [2.24, 2.45) is 0 Å². The monoisotopic (exact) mass is 367 g/mol. The van der Waals surface area contributed by atoms with Crippen LogP contribution in [0.2, 0.25) is 0 Å². The maximum absolute atomic E-state index is 12.6. The summed E-state index contributed by atoms with van der Waals surface area (Å²) >= 11 is 0. The van der Waals surface area contributed by atoms with Crippen molar-refractivity contribution in [3.05, 3.63) is 63.3 Å². The van der Waals surface area contributed by atoms with Crippen molar-refractivity contribution in [2.75, 3.05) is 6.54 Å². The molecule has 1 amide bonds. The van der Waals surface area contributed by atoms with Gasteiger partial charge in [0.05, 0.1) is 12.1 Å². The van der Waals surface area contributed by atoms with Crippen LogP contribution in [0, 0.1) is 6.92 Å². The SMILES string of the molecule is Cc1nc(C(=O)NCC(=O)C(C)c2ccc(C(F)(F)F)cc2)cc(=O)[nH]1. The number of ketones is 1. The molecule has 6 nitrogen and oxygen atoms in total. The van der Waals surface area contributed by atoms with Crippen molar-refractivity contribution in [2.45, 2.75) is 25.9 Å². The molecule has 1 unspecified atom stereocenters. The molecule has 1 heterocycles. The first kappa shape index (κ1) is 19.4. The Balaban J connectivity index is 2.00. The number of benzene rings is 1. The molecule has 138 valence electrons. The van der Waals surface area contributed by atoms with Crippen molar-refractivity contribution >= 4 is 11.7 Å². The van der Waals surface area contributed by atoms with E-state index in [-0.39, 0.29) is 23.8 Å². The third-order valence-corrected chi connectivity index (χ3v) is 3.74. The summed E-state index contributed by atoms with van der Waals surface area (Å²) in [6.07, 6.45) is -4.45. The van der Waals surface area contributed by atoms with Crippen molar-refractivity contribution in [1.82, 2.24) is 15.3 Å². The standard InChI is InChI=1S/C17H16F3N3O3/c1-9(11-3-5-12(6-4-11)17(18,19)20)14(24)8-21-16(26)13-7-15(25)23-10(2)22-13/h3-7,9H,8H2,1-2H3,(H,21,26)(H,22,23,25). The zero-order valence-corrected chi connectivity index (χ0v) is 14.0. The molecule has 0 aliphatic rings. The van der Waals surface area contributed by atoms with Gasteiger partial charge in [0.1, 0.15) is 11.5 Å². The summed E-state index contributed by atoms with van der Waals surface area (Å²) in [5.74, 6) is -1.52. The van der Waals surface area contributed by atoms with Gasteiger partial charge in [0.15, 0.2) is 5.78 Å². The predicted octanol–water partition coefficient (Wildman–Crippen LogP) is 2.20. The second kappa shape index (κ2) is 7.51. The minimum Gasteiger partial charge on any atom is -0.344 e. The van der Waals surface area contributed by atoms with Gasteiger partial charge in [-0.3, -0.25) is 14.4 Å². The molecule has 0 bridgehead atoms. The lowest BCUT2D eigenvalue weighted by Gasteiger charge is -2.13. The summed E-state index contributed by atoms with van der Waals surface area (Å²) in [7, 11) is 0. The Morgan fingerprint density at radius 1 is 1.23 bits per heavy atom. The number of hydrogen-bond acceptors (Lipinski definition) is 4. The lowest BCUT2D eigenvalue weighted by Crippen LogP contribution is -2.33. The summed E-state index contributed by atoms with van der Waals surface area (Å²) in [5, 5.41) is 2.36. The molecule has 0 aliphatic heterocycles. The van der Waals surface area contributed by atoms with Crippen molar-refractivity contribution in [1.29, 1.82) is 0 Å². The quantitative estimate of drug-likeness (QED) is 0.848. The molecule has 1 atom stereocenters. The van der Waals surface area contributed by atoms with Crippen LogP contribution in [0.5, 0.6) is 0 Å². The van der Waals surface area contributed by atoms with E-state index in [0.29, 0.717) is 5.56 Å². The van der Waals surface area contributed by atoms with E-state index in [9.17, 15) is 27.6 Å². The van der Waals surface area contributed by atoms with Crippen LogP contribution in [0.25, 0.3) is 0 Å². The molecule has 0 saturated heterocycles. The van der Waals surface area contributed by atoms with Crippen LogP contribution in [-0.2, 0) is 11.0 Å². The Morgan fingerprint density at radius 2 is 1.85 bits per heavy atom. The molecular weight excluding hydrogens is 351 g/mol. The van der Waals surface area contributed by atoms with E-state index in [4.69, 9.17) is 0 Å². The number of hydrogen-bond donors (Lipinski definition) is 2. The fourth-order valence-corrected chi connectivity index (χ4v) is 2.25. The number of alkyl halides is 3. The number of H-pyrrole nitrogens is 1. The third kappa shape index (κ3) is 4.78. The highest BCUT2D eigenvalue weighted by molar-refractivity contribution is 5.96. The number of Topliss-reactive ketones (excluding diaryl/α,β-unsaturated/α-hetero) is 1. The maximum atomic E-state index is 12.6. The van der Waals surface area contributed by atoms with Crippen LogP contribution < -0.4 is 10.9 Å². The molecule has 9 heteroatoms. The van der Waals surface area contributed by atoms with Crippen LogP contribution in [0.1, 0.15) is 40.3 Å². The second-order valence-corrected chi connectivity index (χ2v) is 5.71. The normalized spacial score (nSPS) is 12.5. The summed E-state index contributed by atoms with van der Waals surface area (Å²) in [6.45, 7) is 2.71. The second-order valence-electron chi connectivity index (χ2n) is 5.71. The molecular formula is C17H16F3N3O3. The molecule has 0 fully saturated rings. The van der Waals surface area contributed by atoms with Gasteiger partial charge in [-0.2, -0.15) is 13.2 Å². The van der Waals surface area contributed by atoms with E-state index >= 15 is 0 Å². The van der Waals surface area contributed by atoms with Gasteiger partial charge in [-0.15, -0.1) is 0 Å². The first-order valence-corrected chi connectivity index (χ1v) is 7.64. The molecule has 0 spiro atoms. The van der Waals surface area contributed by atoms with Crippen molar-refractivity contribution in [3.8, 4) is 0 Å². The summed E-state index contributed by atoms with van der Waals surface area (Å²) in [4.78, 5) is 41.7. The van der Waals surface area contributed by atoms with Gasteiger partial charge in [0.25, 0.3) is 11.5 Å².